The Labute approximate surface area is 73.0 Å². The van der Waals surface area contributed by atoms with E-state index in [1.165, 1.54) is 0 Å². The van der Waals surface area contributed by atoms with Crippen LogP contribution in [0.5, 0.6) is 0 Å². The minimum absolute atomic E-state index is 0.0200. The summed E-state index contributed by atoms with van der Waals surface area (Å²) in [4.78, 5) is 11.7. The Balaban J connectivity index is 2.72. The first kappa shape index (κ1) is 9.68. The maximum absolute atomic E-state index is 11.7. The van der Waals surface area contributed by atoms with Gasteiger partial charge in [-0.2, -0.15) is 0 Å². The fourth-order valence-electron chi connectivity index (χ4n) is 1.53. The van der Waals surface area contributed by atoms with Gasteiger partial charge in [-0.15, -0.1) is 0 Å². The molecule has 0 aromatic carbocycles. The lowest BCUT2D eigenvalue weighted by Gasteiger charge is -2.25. The third-order valence-corrected chi connectivity index (χ3v) is 2.35. The van der Waals surface area contributed by atoms with Crippen molar-refractivity contribution in [1.82, 2.24) is 0 Å². The van der Waals surface area contributed by atoms with Crippen LogP contribution in [0.3, 0.4) is 0 Å². The van der Waals surface area contributed by atoms with Gasteiger partial charge in [-0.1, -0.05) is 13.8 Å². The first-order valence-electron chi connectivity index (χ1n) is 4.29. The van der Waals surface area contributed by atoms with Crippen molar-refractivity contribution in [2.75, 3.05) is 20.3 Å². The summed E-state index contributed by atoms with van der Waals surface area (Å²) < 4.78 is 10.4. The molecule has 3 nitrogen and oxygen atoms in total. The van der Waals surface area contributed by atoms with Crippen molar-refractivity contribution in [2.24, 2.45) is 5.92 Å². The Morgan fingerprint density at radius 2 is 2.25 bits per heavy atom. The van der Waals surface area contributed by atoms with E-state index in [9.17, 15) is 4.79 Å². The lowest BCUT2D eigenvalue weighted by Crippen LogP contribution is -2.43. The fourth-order valence-corrected chi connectivity index (χ4v) is 1.53. The molecule has 0 aromatic heterocycles. The molecule has 1 aliphatic rings. The zero-order valence-electron chi connectivity index (χ0n) is 7.92. The molecule has 1 atom stereocenters. The van der Waals surface area contributed by atoms with Gasteiger partial charge in [0, 0.05) is 19.4 Å². The van der Waals surface area contributed by atoms with Crippen LogP contribution in [-0.4, -0.2) is 31.7 Å². The number of rotatable bonds is 3. The molecular weight excluding hydrogens is 156 g/mol. The normalized spacial score (nSPS) is 29.7. The molecule has 12 heavy (non-hydrogen) atoms. The predicted octanol–water partition coefficient (Wildman–Crippen LogP) is 1.02. The number of carbonyl (C=O) groups excluding carboxylic acids is 1. The van der Waals surface area contributed by atoms with Crippen LogP contribution < -0.4 is 0 Å². The van der Waals surface area contributed by atoms with Crippen LogP contribution in [0.4, 0.5) is 0 Å². The Morgan fingerprint density at radius 3 is 2.58 bits per heavy atom. The van der Waals surface area contributed by atoms with Gasteiger partial charge in [0.05, 0.1) is 13.2 Å². The number of methoxy groups -OCH3 is 1. The second-order valence-electron chi connectivity index (χ2n) is 3.52. The van der Waals surface area contributed by atoms with Gasteiger partial charge in [0.25, 0.3) is 0 Å². The van der Waals surface area contributed by atoms with Crippen LogP contribution in [0.2, 0.25) is 0 Å². The standard InChI is InChI=1S/C9H16O3/c1-7(2)8(10)9(11-3)4-5-12-6-9/h7H,4-6H2,1-3H3. The number of hydrogen-bond acceptors (Lipinski definition) is 3. The minimum atomic E-state index is -0.645. The van der Waals surface area contributed by atoms with Crippen LogP contribution >= 0.6 is 0 Å². The number of carbonyl (C=O) groups is 1. The Hall–Kier alpha value is -0.410. The molecular formula is C9H16O3. The topological polar surface area (TPSA) is 35.5 Å². The van der Waals surface area contributed by atoms with Gasteiger partial charge < -0.3 is 9.47 Å². The molecule has 0 saturated carbocycles. The molecule has 1 aliphatic heterocycles. The van der Waals surface area contributed by atoms with Crippen LogP contribution in [0.25, 0.3) is 0 Å². The lowest BCUT2D eigenvalue weighted by atomic mass is 9.90. The highest BCUT2D eigenvalue weighted by atomic mass is 16.6. The molecule has 0 aliphatic carbocycles. The monoisotopic (exact) mass is 172 g/mol. The van der Waals surface area contributed by atoms with Gasteiger partial charge in [0.2, 0.25) is 0 Å². The van der Waals surface area contributed by atoms with E-state index in [4.69, 9.17) is 9.47 Å². The van der Waals surface area contributed by atoms with E-state index in [1.807, 2.05) is 13.8 Å². The van der Waals surface area contributed by atoms with E-state index >= 15 is 0 Å². The molecule has 0 aromatic rings. The molecule has 0 amide bonds. The first-order valence-corrected chi connectivity index (χ1v) is 4.29. The van der Waals surface area contributed by atoms with E-state index in [1.54, 1.807) is 7.11 Å². The highest BCUT2D eigenvalue weighted by Crippen LogP contribution is 2.26. The zero-order valence-corrected chi connectivity index (χ0v) is 7.92. The molecule has 0 N–H and O–H groups in total. The van der Waals surface area contributed by atoms with Crippen molar-refractivity contribution in [3.63, 3.8) is 0 Å². The summed E-state index contributed by atoms with van der Waals surface area (Å²) in [5, 5.41) is 0. The van der Waals surface area contributed by atoms with E-state index in [2.05, 4.69) is 0 Å². The molecule has 0 bridgehead atoms. The summed E-state index contributed by atoms with van der Waals surface area (Å²) in [6.07, 6.45) is 0.695. The number of ketones is 1. The second kappa shape index (κ2) is 3.54. The number of ether oxygens (including phenoxy) is 2. The molecule has 0 radical (unpaired) electrons. The highest BCUT2D eigenvalue weighted by Gasteiger charge is 2.43. The molecule has 1 saturated heterocycles. The maximum Gasteiger partial charge on any atom is 0.169 e. The van der Waals surface area contributed by atoms with E-state index < -0.39 is 5.60 Å². The van der Waals surface area contributed by atoms with Crippen LogP contribution in [-0.2, 0) is 14.3 Å². The van der Waals surface area contributed by atoms with Crippen molar-refractivity contribution >= 4 is 5.78 Å². The molecule has 1 heterocycles. The summed E-state index contributed by atoms with van der Waals surface area (Å²) in [5.41, 5.74) is -0.645. The average Bonchev–Trinajstić information content (AvgIpc) is 2.52. The van der Waals surface area contributed by atoms with Crippen molar-refractivity contribution in [1.29, 1.82) is 0 Å². The Bertz CT molecular complexity index is 169. The summed E-state index contributed by atoms with van der Waals surface area (Å²) in [6, 6.07) is 0. The molecule has 1 rings (SSSR count). The summed E-state index contributed by atoms with van der Waals surface area (Å²) in [7, 11) is 1.58. The fraction of sp³-hybridized carbons (Fsp3) is 0.889. The van der Waals surface area contributed by atoms with Gasteiger partial charge in [-0.05, 0) is 0 Å². The molecule has 0 spiro atoms. The van der Waals surface area contributed by atoms with Crippen molar-refractivity contribution < 1.29 is 14.3 Å². The SMILES string of the molecule is COC1(C(=O)C(C)C)CCOC1. The molecule has 70 valence electrons. The summed E-state index contributed by atoms with van der Waals surface area (Å²) in [6.45, 7) is 4.83. The quantitative estimate of drug-likeness (QED) is 0.637. The number of Topliss-reactive ketones (excluding diaryl/α,β-unsaturated/α-hetero) is 1. The van der Waals surface area contributed by atoms with Gasteiger partial charge in [-0.3, -0.25) is 4.79 Å². The molecule has 1 unspecified atom stereocenters. The maximum atomic E-state index is 11.7. The first-order chi connectivity index (χ1) is 5.62. The third kappa shape index (κ3) is 1.52. The lowest BCUT2D eigenvalue weighted by molar-refractivity contribution is -0.144. The zero-order chi connectivity index (χ0) is 9.19. The minimum Gasteiger partial charge on any atom is -0.378 e. The van der Waals surface area contributed by atoms with Crippen LogP contribution in [0.1, 0.15) is 20.3 Å². The van der Waals surface area contributed by atoms with Gasteiger partial charge in [-0.25, -0.2) is 0 Å². The number of hydrogen-bond donors (Lipinski definition) is 0. The van der Waals surface area contributed by atoms with Crippen LogP contribution in [0, 0.1) is 5.92 Å². The van der Waals surface area contributed by atoms with Crippen molar-refractivity contribution in [2.45, 2.75) is 25.9 Å². The van der Waals surface area contributed by atoms with Crippen LogP contribution in [0.15, 0.2) is 0 Å². The van der Waals surface area contributed by atoms with Gasteiger partial charge in [0.15, 0.2) is 11.4 Å². The Kier molecular flexibility index (Phi) is 2.85. The van der Waals surface area contributed by atoms with Crippen molar-refractivity contribution in [3.8, 4) is 0 Å². The third-order valence-electron chi connectivity index (χ3n) is 2.35. The summed E-state index contributed by atoms with van der Waals surface area (Å²) >= 11 is 0. The van der Waals surface area contributed by atoms with Crippen molar-refractivity contribution in [3.05, 3.63) is 0 Å². The van der Waals surface area contributed by atoms with E-state index in [-0.39, 0.29) is 11.7 Å². The average molecular weight is 172 g/mol. The van der Waals surface area contributed by atoms with E-state index in [0.29, 0.717) is 19.6 Å². The summed E-state index contributed by atoms with van der Waals surface area (Å²) in [5.74, 6) is 0.175. The Morgan fingerprint density at radius 1 is 1.58 bits per heavy atom. The highest BCUT2D eigenvalue weighted by molar-refractivity contribution is 5.89. The van der Waals surface area contributed by atoms with E-state index in [0.717, 1.165) is 0 Å². The van der Waals surface area contributed by atoms with Gasteiger partial charge in [0.1, 0.15) is 0 Å². The smallest absolute Gasteiger partial charge is 0.169 e. The second-order valence-corrected chi connectivity index (χ2v) is 3.52. The predicted molar refractivity (Wildman–Crippen MR) is 45.0 cm³/mol. The molecule has 1 fully saturated rings. The van der Waals surface area contributed by atoms with Gasteiger partial charge >= 0.3 is 0 Å². The largest absolute Gasteiger partial charge is 0.378 e. The molecule has 3 heteroatoms.